The molecular weight excluding hydrogens is 342 g/mol. The first-order valence-electron chi connectivity index (χ1n) is 8.73. The lowest BCUT2D eigenvalue weighted by atomic mass is 10.1. The van der Waals surface area contributed by atoms with Crippen LogP contribution in [0.4, 0.5) is 5.69 Å². The summed E-state index contributed by atoms with van der Waals surface area (Å²) in [6.07, 6.45) is 1.73. The van der Waals surface area contributed by atoms with Crippen LogP contribution in [-0.2, 0) is 9.59 Å². The lowest BCUT2D eigenvalue weighted by molar-refractivity contribution is -0.124. The highest BCUT2D eigenvalue weighted by Crippen LogP contribution is 2.18. The minimum atomic E-state index is -0.312. The highest BCUT2D eigenvalue weighted by Gasteiger charge is 2.09. The number of hydrazone groups is 1. The van der Waals surface area contributed by atoms with Gasteiger partial charge in [-0.3, -0.25) is 9.59 Å². The Bertz CT molecular complexity index is 860. The maximum Gasteiger partial charge on any atom is 0.240 e. The number of nitrogens with one attached hydrogen (secondary N) is 2. The number of carbonyl (C=O) groups is 2. The van der Waals surface area contributed by atoms with Crippen LogP contribution in [0.15, 0.2) is 41.5 Å². The number of rotatable bonds is 7. The molecule has 0 bridgehead atoms. The predicted octanol–water partition coefficient (Wildman–Crippen LogP) is 3.49. The molecule has 6 nitrogen and oxygen atoms in total. The summed E-state index contributed by atoms with van der Waals surface area (Å²) in [6.45, 7) is 5.87. The van der Waals surface area contributed by atoms with Crippen LogP contribution >= 0.6 is 0 Å². The van der Waals surface area contributed by atoms with Gasteiger partial charge in [0.15, 0.2) is 0 Å². The third-order valence-corrected chi connectivity index (χ3v) is 4.33. The van der Waals surface area contributed by atoms with E-state index in [0.717, 1.165) is 33.7 Å². The first-order chi connectivity index (χ1) is 12.9. The number of aryl methyl sites for hydroxylation is 2. The number of carbonyl (C=O) groups excluding carboxylic acids is 2. The molecule has 6 heteroatoms. The topological polar surface area (TPSA) is 79.8 Å². The van der Waals surface area contributed by atoms with Crippen molar-refractivity contribution >= 4 is 23.7 Å². The summed E-state index contributed by atoms with van der Waals surface area (Å²) in [5.74, 6) is 0.255. The monoisotopic (exact) mass is 367 g/mol. The van der Waals surface area contributed by atoms with Crippen LogP contribution in [0, 0.1) is 20.8 Å². The van der Waals surface area contributed by atoms with Crippen LogP contribution in [0.5, 0.6) is 5.75 Å². The molecule has 27 heavy (non-hydrogen) atoms. The maximum absolute atomic E-state index is 12.0. The summed E-state index contributed by atoms with van der Waals surface area (Å²) < 4.78 is 5.15. The average Bonchev–Trinajstić information content (AvgIpc) is 2.65. The molecule has 0 unspecified atom stereocenters. The fourth-order valence-corrected chi connectivity index (χ4v) is 2.48. The molecule has 2 aromatic rings. The van der Waals surface area contributed by atoms with E-state index in [4.69, 9.17) is 4.74 Å². The summed E-state index contributed by atoms with van der Waals surface area (Å²) in [4.78, 5) is 23.9. The van der Waals surface area contributed by atoms with Gasteiger partial charge >= 0.3 is 0 Å². The molecule has 2 aromatic carbocycles. The molecule has 142 valence electrons. The first-order valence-corrected chi connectivity index (χ1v) is 8.73. The molecular formula is C21H25N3O3. The molecule has 0 aliphatic carbocycles. The molecule has 0 saturated heterocycles. The van der Waals surface area contributed by atoms with Crippen LogP contribution in [0.3, 0.4) is 0 Å². The van der Waals surface area contributed by atoms with Crippen LogP contribution in [0.25, 0.3) is 0 Å². The normalized spacial score (nSPS) is 10.7. The smallest absolute Gasteiger partial charge is 0.240 e. The zero-order chi connectivity index (χ0) is 19.8. The fourth-order valence-electron chi connectivity index (χ4n) is 2.48. The van der Waals surface area contributed by atoms with E-state index in [1.807, 2.05) is 57.2 Å². The number of amides is 2. The van der Waals surface area contributed by atoms with Crippen molar-refractivity contribution in [3.05, 3.63) is 58.7 Å². The largest absolute Gasteiger partial charge is 0.497 e. The molecule has 0 aliphatic heterocycles. The first kappa shape index (κ1) is 20.2. The van der Waals surface area contributed by atoms with E-state index in [-0.39, 0.29) is 24.7 Å². The lowest BCUT2D eigenvalue weighted by Crippen LogP contribution is -2.21. The Morgan fingerprint density at radius 1 is 1.04 bits per heavy atom. The summed E-state index contributed by atoms with van der Waals surface area (Å²) in [5, 5.41) is 6.79. The molecule has 2 amide bonds. The second-order valence-electron chi connectivity index (χ2n) is 6.31. The van der Waals surface area contributed by atoms with Crippen molar-refractivity contribution in [3.8, 4) is 5.75 Å². The van der Waals surface area contributed by atoms with Gasteiger partial charge in [-0.05, 0) is 67.3 Å². The lowest BCUT2D eigenvalue weighted by Gasteiger charge is -2.10. The van der Waals surface area contributed by atoms with Crippen LogP contribution in [0.1, 0.15) is 35.1 Å². The molecule has 0 aliphatic rings. The van der Waals surface area contributed by atoms with Gasteiger partial charge in [-0.1, -0.05) is 12.1 Å². The Hall–Kier alpha value is -3.15. The van der Waals surface area contributed by atoms with Crippen molar-refractivity contribution in [3.63, 3.8) is 0 Å². The molecule has 0 saturated carbocycles. The number of benzene rings is 2. The van der Waals surface area contributed by atoms with Gasteiger partial charge in [0.25, 0.3) is 0 Å². The Morgan fingerprint density at radius 2 is 1.78 bits per heavy atom. The van der Waals surface area contributed by atoms with Crippen LogP contribution in [-0.4, -0.2) is 25.1 Å². The minimum absolute atomic E-state index is 0.0651. The van der Waals surface area contributed by atoms with Crippen LogP contribution in [0.2, 0.25) is 0 Å². The number of nitrogens with zero attached hydrogens (tertiary/aromatic N) is 1. The van der Waals surface area contributed by atoms with Crippen molar-refractivity contribution < 1.29 is 14.3 Å². The van der Waals surface area contributed by atoms with Crippen molar-refractivity contribution in [2.45, 2.75) is 33.6 Å². The van der Waals surface area contributed by atoms with Gasteiger partial charge in [-0.2, -0.15) is 5.10 Å². The van der Waals surface area contributed by atoms with E-state index < -0.39 is 0 Å². The van der Waals surface area contributed by atoms with Gasteiger partial charge < -0.3 is 10.1 Å². The predicted molar refractivity (Wildman–Crippen MR) is 107 cm³/mol. The summed E-state index contributed by atoms with van der Waals surface area (Å²) in [6, 6.07) is 11.3. The highest BCUT2D eigenvalue weighted by atomic mass is 16.5. The van der Waals surface area contributed by atoms with Crippen molar-refractivity contribution in [1.29, 1.82) is 0 Å². The summed E-state index contributed by atoms with van der Waals surface area (Å²) in [5.41, 5.74) is 7.21. The zero-order valence-corrected chi connectivity index (χ0v) is 16.1. The van der Waals surface area contributed by atoms with E-state index >= 15 is 0 Å². The Kier molecular flexibility index (Phi) is 7.11. The highest BCUT2D eigenvalue weighted by molar-refractivity contribution is 5.94. The van der Waals surface area contributed by atoms with Crippen molar-refractivity contribution in [1.82, 2.24) is 5.43 Å². The number of ether oxygens (including phenoxy) is 1. The Balaban J connectivity index is 1.80. The molecule has 2 rings (SSSR count). The van der Waals surface area contributed by atoms with E-state index in [9.17, 15) is 9.59 Å². The molecule has 0 radical (unpaired) electrons. The quantitative estimate of drug-likeness (QED) is 0.581. The van der Waals surface area contributed by atoms with E-state index in [1.165, 1.54) is 0 Å². The van der Waals surface area contributed by atoms with E-state index in [2.05, 4.69) is 15.8 Å². The van der Waals surface area contributed by atoms with Gasteiger partial charge in [0.1, 0.15) is 5.75 Å². The molecule has 0 heterocycles. The average molecular weight is 367 g/mol. The number of anilines is 1. The maximum atomic E-state index is 12.0. The van der Waals surface area contributed by atoms with Crippen molar-refractivity contribution in [2.24, 2.45) is 5.10 Å². The van der Waals surface area contributed by atoms with E-state index in [1.54, 1.807) is 13.3 Å². The Labute approximate surface area is 159 Å². The second kappa shape index (κ2) is 9.52. The van der Waals surface area contributed by atoms with Gasteiger partial charge in [0.2, 0.25) is 11.8 Å². The van der Waals surface area contributed by atoms with Crippen LogP contribution < -0.4 is 15.5 Å². The SMILES string of the molecule is COc1ccc(C=NNC(=O)CCC(=O)Nc2cccc(C)c2C)c(C)c1. The summed E-state index contributed by atoms with van der Waals surface area (Å²) >= 11 is 0. The molecule has 0 fully saturated rings. The molecule has 0 spiro atoms. The molecule has 2 N–H and O–H groups in total. The van der Waals surface area contributed by atoms with Gasteiger partial charge in [-0.15, -0.1) is 0 Å². The van der Waals surface area contributed by atoms with Gasteiger partial charge in [0, 0.05) is 18.5 Å². The van der Waals surface area contributed by atoms with Crippen molar-refractivity contribution in [2.75, 3.05) is 12.4 Å². The third-order valence-electron chi connectivity index (χ3n) is 4.33. The summed E-state index contributed by atoms with van der Waals surface area (Å²) in [7, 11) is 1.61. The Morgan fingerprint density at radius 3 is 2.48 bits per heavy atom. The molecule has 0 aromatic heterocycles. The third kappa shape index (κ3) is 5.95. The minimum Gasteiger partial charge on any atom is -0.497 e. The van der Waals surface area contributed by atoms with E-state index in [0.29, 0.717) is 0 Å². The van der Waals surface area contributed by atoms with Gasteiger partial charge in [0.05, 0.1) is 13.3 Å². The molecule has 0 atom stereocenters. The fraction of sp³-hybridized carbons (Fsp3) is 0.286. The second-order valence-corrected chi connectivity index (χ2v) is 6.31. The number of hydrogen-bond acceptors (Lipinski definition) is 4. The standard InChI is InChI=1S/C21H25N3O3/c1-14-6-5-7-19(16(14)3)23-20(25)10-11-21(26)24-22-13-17-8-9-18(27-4)12-15(17)2/h5-9,12-13H,10-11H2,1-4H3,(H,23,25)(H,24,26). The number of methoxy groups -OCH3 is 1. The zero-order valence-electron chi connectivity index (χ0n) is 16.1. The number of hydrogen-bond donors (Lipinski definition) is 2. The van der Waals surface area contributed by atoms with Gasteiger partial charge in [-0.25, -0.2) is 5.43 Å².